The summed E-state index contributed by atoms with van der Waals surface area (Å²) in [5.41, 5.74) is 0. The molecule has 0 spiro atoms. The average molecular weight is 278 g/mol. The minimum atomic E-state index is 0.0385. The summed E-state index contributed by atoms with van der Waals surface area (Å²) in [7, 11) is 0. The number of fused-ring (bicyclic) bond motifs is 2. The molecule has 0 N–H and O–H groups in total. The van der Waals surface area contributed by atoms with E-state index in [1.807, 2.05) is 0 Å². The Bertz CT molecular complexity index is 407. The molecule has 0 aromatic heterocycles. The summed E-state index contributed by atoms with van der Waals surface area (Å²) in [6.45, 7) is 5.15. The molecule has 4 aliphatic rings. The molecule has 8 atom stereocenters. The minimum Gasteiger partial charge on any atom is -0.465 e. The number of carbonyl (C=O) groups is 1. The molecular formula is C17H26O3. The van der Waals surface area contributed by atoms with Crippen LogP contribution in [0.2, 0.25) is 0 Å². The highest BCUT2D eigenvalue weighted by Crippen LogP contribution is 2.53. The van der Waals surface area contributed by atoms with Gasteiger partial charge in [0.1, 0.15) is 0 Å². The van der Waals surface area contributed by atoms with E-state index in [2.05, 4.69) is 13.8 Å². The predicted octanol–water partition coefficient (Wildman–Crippen LogP) is 3.03. The molecule has 4 fully saturated rings. The van der Waals surface area contributed by atoms with E-state index in [9.17, 15) is 4.79 Å². The first-order chi connectivity index (χ1) is 9.61. The monoisotopic (exact) mass is 278 g/mol. The van der Waals surface area contributed by atoms with E-state index < -0.39 is 0 Å². The Labute approximate surface area is 121 Å². The van der Waals surface area contributed by atoms with E-state index in [0.29, 0.717) is 30.7 Å². The highest BCUT2D eigenvalue weighted by atomic mass is 16.6. The quantitative estimate of drug-likeness (QED) is 0.588. The molecule has 8 unspecified atom stereocenters. The van der Waals surface area contributed by atoms with Gasteiger partial charge >= 0.3 is 5.97 Å². The van der Waals surface area contributed by atoms with Crippen LogP contribution in [0.3, 0.4) is 0 Å². The Morgan fingerprint density at radius 3 is 2.60 bits per heavy atom. The van der Waals surface area contributed by atoms with E-state index >= 15 is 0 Å². The van der Waals surface area contributed by atoms with Gasteiger partial charge in [0.25, 0.3) is 0 Å². The Balaban J connectivity index is 1.29. The third-order valence-electron chi connectivity index (χ3n) is 6.36. The fourth-order valence-corrected chi connectivity index (χ4v) is 4.64. The van der Waals surface area contributed by atoms with E-state index in [4.69, 9.17) is 9.47 Å². The van der Waals surface area contributed by atoms with E-state index in [0.717, 1.165) is 30.6 Å². The first kappa shape index (κ1) is 13.1. The zero-order chi connectivity index (χ0) is 13.9. The number of epoxide rings is 1. The second-order valence-corrected chi connectivity index (χ2v) is 7.86. The van der Waals surface area contributed by atoms with Crippen molar-refractivity contribution in [2.45, 2.75) is 58.2 Å². The molecule has 20 heavy (non-hydrogen) atoms. The molecule has 3 nitrogen and oxygen atoms in total. The fraction of sp³-hybridized carbons (Fsp3) is 0.941. The van der Waals surface area contributed by atoms with Gasteiger partial charge in [-0.15, -0.1) is 0 Å². The van der Waals surface area contributed by atoms with Crippen molar-refractivity contribution in [3.8, 4) is 0 Å². The molecule has 1 saturated heterocycles. The highest BCUT2D eigenvalue weighted by Gasteiger charge is 2.50. The van der Waals surface area contributed by atoms with Gasteiger partial charge in [0.05, 0.1) is 24.7 Å². The lowest BCUT2D eigenvalue weighted by Gasteiger charge is -2.30. The topological polar surface area (TPSA) is 38.8 Å². The Morgan fingerprint density at radius 1 is 1.00 bits per heavy atom. The van der Waals surface area contributed by atoms with Crippen LogP contribution in [0.1, 0.15) is 46.0 Å². The maximum Gasteiger partial charge on any atom is 0.309 e. The summed E-state index contributed by atoms with van der Waals surface area (Å²) in [4.78, 5) is 12.3. The molecule has 1 aliphatic heterocycles. The van der Waals surface area contributed by atoms with Crippen molar-refractivity contribution in [2.75, 3.05) is 6.61 Å². The Hall–Kier alpha value is -0.570. The van der Waals surface area contributed by atoms with Crippen LogP contribution in [-0.4, -0.2) is 24.8 Å². The van der Waals surface area contributed by atoms with Gasteiger partial charge in [-0.2, -0.15) is 0 Å². The molecule has 0 aromatic carbocycles. The third kappa shape index (κ3) is 2.38. The van der Waals surface area contributed by atoms with Gasteiger partial charge in [-0.25, -0.2) is 0 Å². The molecular weight excluding hydrogens is 252 g/mol. The maximum atomic E-state index is 12.3. The van der Waals surface area contributed by atoms with E-state index in [1.165, 1.54) is 19.3 Å². The van der Waals surface area contributed by atoms with Crippen molar-refractivity contribution in [2.24, 2.45) is 35.5 Å². The van der Waals surface area contributed by atoms with Crippen LogP contribution in [0.4, 0.5) is 0 Å². The molecule has 0 radical (unpaired) electrons. The zero-order valence-electron chi connectivity index (χ0n) is 12.6. The van der Waals surface area contributed by atoms with Crippen molar-refractivity contribution < 1.29 is 14.3 Å². The minimum absolute atomic E-state index is 0.0385. The predicted molar refractivity (Wildman–Crippen MR) is 75.0 cm³/mol. The first-order valence-corrected chi connectivity index (χ1v) is 8.44. The summed E-state index contributed by atoms with van der Waals surface area (Å²) in [6.07, 6.45) is 6.78. The number of rotatable bonds is 3. The highest BCUT2D eigenvalue weighted by molar-refractivity contribution is 5.73. The summed E-state index contributed by atoms with van der Waals surface area (Å²) in [6, 6.07) is 0. The van der Waals surface area contributed by atoms with E-state index in [-0.39, 0.29) is 11.9 Å². The van der Waals surface area contributed by atoms with Crippen molar-refractivity contribution in [3.63, 3.8) is 0 Å². The van der Waals surface area contributed by atoms with Crippen molar-refractivity contribution in [1.82, 2.24) is 0 Å². The van der Waals surface area contributed by atoms with Crippen molar-refractivity contribution in [1.29, 1.82) is 0 Å². The first-order valence-electron chi connectivity index (χ1n) is 8.44. The molecule has 0 bridgehead atoms. The van der Waals surface area contributed by atoms with Crippen LogP contribution >= 0.6 is 0 Å². The van der Waals surface area contributed by atoms with Gasteiger partial charge in [-0.05, 0) is 61.7 Å². The van der Waals surface area contributed by atoms with Gasteiger partial charge in [-0.1, -0.05) is 13.8 Å². The van der Waals surface area contributed by atoms with Crippen LogP contribution in [-0.2, 0) is 14.3 Å². The molecule has 3 heteroatoms. The molecule has 0 amide bonds. The van der Waals surface area contributed by atoms with Crippen LogP contribution in [0.25, 0.3) is 0 Å². The Morgan fingerprint density at radius 2 is 1.75 bits per heavy atom. The SMILES string of the molecule is CC1CC2CC2CC1COC(=O)C1CC2OC2CC1C. The second-order valence-electron chi connectivity index (χ2n) is 7.86. The van der Waals surface area contributed by atoms with Crippen molar-refractivity contribution >= 4 is 5.97 Å². The standard InChI is InChI=1S/C17H26O3/c1-9-3-11-5-12(11)6-13(9)8-19-17(18)14-7-16-15(20-16)4-10(14)2/h9-16H,3-8H2,1-2H3. The lowest BCUT2D eigenvalue weighted by Crippen LogP contribution is -2.33. The lowest BCUT2D eigenvalue weighted by atomic mass is 9.80. The largest absolute Gasteiger partial charge is 0.465 e. The smallest absolute Gasteiger partial charge is 0.309 e. The number of hydrogen-bond donors (Lipinski definition) is 0. The molecule has 4 rings (SSSR count). The van der Waals surface area contributed by atoms with Crippen molar-refractivity contribution in [3.05, 3.63) is 0 Å². The van der Waals surface area contributed by atoms with Gasteiger partial charge < -0.3 is 9.47 Å². The summed E-state index contributed by atoms with van der Waals surface area (Å²) in [5.74, 6) is 3.81. The van der Waals surface area contributed by atoms with Gasteiger partial charge in [0.2, 0.25) is 0 Å². The third-order valence-corrected chi connectivity index (χ3v) is 6.36. The number of ether oxygens (including phenoxy) is 2. The van der Waals surface area contributed by atoms with Crippen LogP contribution in [0.15, 0.2) is 0 Å². The molecule has 1 heterocycles. The maximum absolute atomic E-state index is 12.3. The summed E-state index contributed by atoms with van der Waals surface area (Å²) >= 11 is 0. The van der Waals surface area contributed by atoms with E-state index in [1.54, 1.807) is 0 Å². The van der Waals surface area contributed by atoms with Gasteiger partial charge in [-0.3, -0.25) is 4.79 Å². The molecule has 3 saturated carbocycles. The fourth-order valence-electron chi connectivity index (χ4n) is 4.64. The summed E-state index contributed by atoms with van der Waals surface area (Å²) in [5, 5.41) is 0. The molecule has 0 aromatic rings. The van der Waals surface area contributed by atoms with Crippen LogP contribution in [0, 0.1) is 35.5 Å². The van der Waals surface area contributed by atoms with Crippen LogP contribution < -0.4 is 0 Å². The molecule has 3 aliphatic carbocycles. The normalized spacial score (nSPS) is 52.7. The zero-order valence-corrected chi connectivity index (χ0v) is 12.6. The average Bonchev–Trinajstić information content (AvgIpc) is 3.29. The van der Waals surface area contributed by atoms with Crippen LogP contribution in [0.5, 0.6) is 0 Å². The number of carbonyl (C=O) groups excluding carboxylic acids is 1. The number of esters is 1. The number of hydrogen-bond acceptors (Lipinski definition) is 3. The summed E-state index contributed by atoms with van der Waals surface area (Å²) < 4.78 is 11.3. The lowest BCUT2D eigenvalue weighted by molar-refractivity contribution is -0.153. The Kier molecular flexibility index (Phi) is 3.10. The molecule has 112 valence electrons. The second kappa shape index (κ2) is 4.72. The van der Waals surface area contributed by atoms with Gasteiger partial charge in [0.15, 0.2) is 0 Å². The van der Waals surface area contributed by atoms with Gasteiger partial charge in [0, 0.05) is 0 Å².